The van der Waals surface area contributed by atoms with Gasteiger partial charge in [-0.15, -0.1) is 0 Å². The van der Waals surface area contributed by atoms with E-state index in [2.05, 4.69) is 22.1 Å². The van der Waals surface area contributed by atoms with Crippen molar-refractivity contribution in [3.63, 3.8) is 0 Å². The molecule has 166 valence electrons. The number of methoxy groups -OCH3 is 1. The Morgan fingerprint density at radius 3 is 2.41 bits per heavy atom. The Morgan fingerprint density at radius 1 is 1.03 bits per heavy atom. The lowest BCUT2D eigenvalue weighted by atomic mass is 9.78. The second kappa shape index (κ2) is 10.1. The topological polar surface area (TPSA) is 44.8 Å². The summed E-state index contributed by atoms with van der Waals surface area (Å²) in [6.07, 6.45) is 3.11. The molecule has 1 spiro atoms. The normalized spacial score (nSPS) is 16.9. The molecule has 2 heterocycles. The third-order valence-corrected chi connectivity index (χ3v) is 6.95. The second-order valence-corrected chi connectivity index (χ2v) is 8.94. The number of benzene rings is 2. The predicted molar refractivity (Wildman–Crippen MR) is 130 cm³/mol. The minimum atomic E-state index is -0.0763. The van der Waals surface area contributed by atoms with Gasteiger partial charge in [0.05, 0.1) is 7.11 Å². The molecule has 2 aliphatic rings. The first-order valence-corrected chi connectivity index (χ1v) is 11.5. The van der Waals surface area contributed by atoms with Crippen molar-refractivity contribution >= 4 is 23.2 Å². The third-order valence-electron chi connectivity index (χ3n) is 6.55. The lowest BCUT2D eigenvalue weighted by Gasteiger charge is -2.38. The molecule has 1 amide bonds. The van der Waals surface area contributed by atoms with E-state index in [1.54, 1.807) is 7.11 Å². The zero-order valence-electron chi connectivity index (χ0n) is 18.5. The van der Waals surface area contributed by atoms with E-state index in [-0.39, 0.29) is 11.3 Å². The predicted octanol–water partition coefficient (Wildman–Crippen LogP) is 3.44. The fourth-order valence-electron chi connectivity index (χ4n) is 4.56. The smallest absolute Gasteiger partial charge is 0.298 e. The van der Waals surface area contributed by atoms with Crippen molar-refractivity contribution in [2.75, 3.05) is 33.3 Å². The molecule has 6 heteroatoms. The summed E-state index contributed by atoms with van der Waals surface area (Å²) in [7, 11) is 1.69. The average molecular weight is 448 g/mol. The lowest BCUT2D eigenvalue weighted by Crippen LogP contribution is -2.45. The number of carbonyl (C=O) groups excluding carboxylic acids is 1. The maximum Gasteiger partial charge on any atom is 0.298 e. The van der Waals surface area contributed by atoms with Crippen molar-refractivity contribution in [1.29, 1.82) is 0 Å². The van der Waals surface area contributed by atoms with Crippen LogP contribution in [0.4, 0.5) is 0 Å². The highest BCUT2D eigenvalue weighted by atomic mass is 32.1. The van der Waals surface area contributed by atoms with Crippen molar-refractivity contribution in [2.24, 2.45) is 5.41 Å². The summed E-state index contributed by atoms with van der Waals surface area (Å²) in [4.78, 5) is 16.7. The number of ether oxygens (including phenoxy) is 1. The third kappa shape index (κ3) is 5.23. The standard InChI is InChI=1S/C26H29N3O2S/c1-31-23-10-6-5-9-22(23)19-27-25(32)29-18-15-26(20-29)13-16-28(17-14-26)24(30)12-11-21-7-3-2-4-8-21/h2-10H,13-20H2,1H3,(H,27,32). The van der Waals surface area contributed by atoms with Crippen LogP contribution in [-0.4, -0.2) is 54.1 Å². The molecule has 2 saturated heterocycles. The molecule has 0 aliphatic carbocycles. The van der Waals surface area contributed by atoms with Gasteiger partial charge in [0.25, 0.3) is 5.91 Å². The van der Waals surface area contributed by atoms with Crippen LogP contribution in [0, 0.1) is 17.3 Å². The first-order chi connectivity index (χ1) is 15.6. The van der Waals surface area contributed by atoms with Crippen LogP contribution in [0.5, 0.6) is 5.75 Å². The van der Waals surface area contributed by atoms with E-state index in [4.69, 9.17) is 17.0 Å². The van der Waals surface area contributed by atoms with Crippen LogP contribution >= 0.6 is 12.2 Å². The molecule has 0 bridgehead atoms. The van der Waals surface area contributed by atoms with E-state index in [0.29, 0.717) is 6.54 Å². The van der Waals surface area contributed by atoms with Gasteiger partial charge in [-0.25, -0.2) is 0 Å². The van der Waals surface area contributed by atoms with E-state index < -0.39 is 0 Å². The first-order valence-electron chi connectivity index (χ1n) is 11.1. The molecule has 5 nitrogen and oxygen atoms in total. The minimum absolute atomic E-state index is 0.0763. The van der Waals surface area contributed by atoms with Gasteiger partial charge in [0.15, 0.2) is 5.11 Å². The number of para-hydroxylation sites is 1. The van der Waals surface area contributed by atoms with Gasteiger partial charge in [0.2, 0.25) is 0 Å². The van der Waals surface area contributed by atoms with Crippen molar-refractivity contribution in [3.05, 3.63) is 65.7 Å². The number of piperidine rings is 1. The fourth-order valence-corrected chi connectivity index (χ4v) is 4.79. The summed E-state index contributed by atoms with van der Waals surface area (Å²) >= 11 is 5.68. The van der Waals surface area contributed by atoms with Crippen molar-refractivity contribution in [2.45, 2.75) is 25.8 Å². The van der Waals surface area contributed by atoms with Gasteiger partial charge in [-0.3, -0.25) is 4.79 Å². The van der Waals surface area contributed by atoms with Gasteiger partial charge < -0.3 is 19.9 Å². The van der Waals surface area contributed by atoms with Crippen LogP contribution in [-0.2, 0) is 11.3 Å². The Morgan fingerprint density at radius 2 is 1.69 bits per heavy atom. The zero-order chi connectivity index (χ0) is 22.4. The molecule has 0 unspecified atom stereocenters. The Balaban J connectivity index is 1.27. The molecule has 0 atom stereocenters. The largest absolute Gasteiger partial charge is 0.496 e. The number of thiocarbonyl (C=S) groups is 1. The van der Waals surface area contributed by atoms with Crippen LogP contribution in [0.3, 0.4) is 0 Å². The number of hydrogen-bond acceptors (Lipinski definition) is 3. The summed E-state index contributed by atoms with van der Waals surface area (Å²) in [5, 5.41) is 4.18. The quantitative estimate of drug-likeness (QED) is 0.577. The lowest BCUT2D eigenvalue weighted by molar-refractivity contribution is -0.127. The molecule has 1 N–H and O–H groups in total. The molecule has 0 saturated carbocycles. The molecule has 4 rings (SSSR count). The van der Waals surface area contributed by atoms with Gasteiger partial charge in [-0.05, 0) is 55.1 Å². The van der Waals surface area contributed by atoms with Crippen LogP contribution < -0.4 is 10.1 Å². The molecule has 0 radical (unpaired) electrons. The number of nitrogens with one attached hydrogen (secondary N) is 1. The van der Waals surface area contributed by atoms with E-state index in [1.807, 2.05) is 59.5 Å². The van der Waals surface area contributed by atoms with Gasteiger partial charge in [-0.1, -0.05) is 42.3 Å². The van der Waals surface area contributed by atoms with Crippen molar-refractivity contribution in [1.82, 2.24) is 15.1 Å². The highest BCUT2D eigenvalue weighted by Gasteiger charge is 2.41. The number of amides is 1. The number of hydrogen-bond donors (Lipinski definition) is 1. The second-order valence-electron chi connectivity index (χ2n) is 8.55. The Hall–Kier alpha value is -3.04. The molecular formula is C26H29N3O2S. The summed E-state index contributed by atoms with van der Waals surface area (Å²) in [5.74, 6) is 6.57. The number of rotatable bonds is 3. The monoisotopic (exact) mass is 447 g/mol. The van der Waals surface area contributed by atoms with E-state index >= 15 is 0 Å². The maximum absolute atomic E-state index is 12.5. The molecular weight excluding hydrogens is 418 g/mol. The molecule has 32 heavy (non-hydrogen) atoms. The first kappa shape index (κ1) is 22.2. The van der Waals surface area contributed by atoms with Crippen LogP contribution in [0.15, 0.2) is 54.6 Å². The SMILES string of the molecule is COc1ccccc1CNC(=S)N1CCC2(CCN(C(=O)C#Cc3ccccc3)CC2)C1. The Bertz CT molecular complexity index is 1020. The number of carbonyl (C=O) groups is 1. The number of likely N-dealkylation sites (tertiary alicyclic amines) is 2. The van der Waals surface area contributed by atoms with Gasteiger partial charge in [0.1, 0.15) is 5.75 Å². The Kier molecular flexibility index (Phi) is 6.96. The summed E-state index contributed by atoms with van der Waals surface area (Å²) in [5.41, 5.74) is 2.20. The Labute approximate surface area is 195 Å². The summed E-state index contributed by atoms with van der Waals surface area (Å²) in [6, 6.07) is 17.6. The zero-order valence-corrected chi connectivity index (χ0v) is 19.3. The molecule has 2 aromatic rings. The van der Waals surface area contributed by atoms with Crippen LogP contribution in [0.25, 0.3) is 0 Å². The van der Waals surface area contributed by atoms with E-state index in [9.17, 15) is 4.79 Å². The van der Waals surface area contributed by atoms with Crippen LogP contribution in [0.2, 0.25) is 0 Å². The average Bonchev–Trinajstić information content (AvgIpc) is 3.25. The van der Waals surface area contributed by atoms with Gasteiger partial charge in [-0.2, -0.15) is 0 Å². The summed E-state index contributed by atoms with van der Waals surface area (Å²) < 4.78 is 5.43. The molecule has 2 fully saturated rings. The fraction of sp³-hybridized carbons (Fsp3) is 0.385. The van der Waals surface area contributed by atoms with Gasteiger partial charge >= 0.3 is 0 Å². The molecule has 0 aromatic heterocycles. The highest BCUT2D eigenvalue weighted by molar-refractivity contribution is 7.80. The van der Waals surface area contributed by atoms with Crippen molar-refractivity contribution in [3.8, 4) is 17.6 Å². The van der Waals surface area contributed by atoms with Crippen molar-refractivity contribution < 1.29 is 9.53 Å². The van der Waals surface area contributed by atoms with E-state index in [0.717, 1.165) is 67.4 Å². The minimum Gasteiger partial charge on any atom is -0.496 e. The van der Waals surface area contributed by atoms with Crippen LogP contribution in [0.1, 0.15) is 30.4 Å². The maximum atomic E-state index is 12.5. The summed E-state index contributed by atoms with van der Waals surface area (Å²) in [6.45, 7) is 4.08. The highest BCUT2D eigenvalue weighted by Crippen LogP contribution is 2.40. The van der Waals surface area contributed by atoms with E-state index in [1.165, 1.54) is 0 Å². The molecule has 2 aliphatic heterocycles. The molecule has 2 aromatic carbocycles. The number of nitrogens with zero attached hydrogens (tertiary/aromatic N) is 2. The van der Waals surface area contributed by atoms with Gasteiger partial charge in [0, 0.05) is 49.8 Å².